The molecule has 0 bridgehead atoms. The lowest BCUT2D eigenvalue weighted by Crippen LogP contribution is -2.47. The second-order valence-corrected chi connectivity index (χ2v) is 5.79. The van der Waals surface area contributed by atoms with Gasteiger partial charge in [0.15, 0.2) is 0 Å². The molecule has 0 unspecified atom stereocenters. The van der Waals surface area contributed by atoms with E-state index in [-0.39, 0.29) is 5.91 Å². The van der Waals surface area contributed by atoms with E-state index in [4.69, 9.17) is 9.47 Å². The summed E-state index contributed by atoms with van der Waals surface area (Å²) < 4.78 is 11.0. The monoisotopic (exact) mass is 291 g/mol. The topological polar surface area (TPSA) is 47.6 Å². The third-order valence-electron chi connectivity index (χ3n) is 4.31. The molecule has 116 valence electrons. The Kier molecular flexibility index (Phi) is 5.23. The van der Waals surface area contributed by atoms with Crippen LogP contribution in [0.3, 0.4) is 0 Å². The summed E-state index contributed by atoms with van der Waals surface area (Å²) in [5.41, 5.74) is 0.101. The lowest BCUT2D eigenvalue weighted by molar-refractivity contribution is -0.142. The SMILES string of the molecule is CCOc1ccc(NC(=O)C2(OC)CCC(C)CC2)cc1. The Morgan fingerprint density at radius 3 is 2.43 bits per heavy atom. The molecular weight excluding hydrogens is 266 g/mol. The van der Waals surface area contributed by atoms with Gasteiger partial charge in [0.1, 0.15) is 11.4 Å². The molecule has 0 aromatic heterocycles. The van der Waals surface area contributed by atoms with Crippen LogP contribution < -0.4 is 10.1 Å². The number of ether oxygens (including phenoxy) is 2. The fourth-order valence-electron chi connectivity index (χ4n) is 2.80. The lowest BCUT2D eigenvalue weighted by Gasteiger charge is -2.36. The molecule has 0 spiro atoms. The largest absolute Gasteiger partial charge is 0.494 e. The molecule has 21 heavy (non-hydrogen) atoms. The Balaban J connectivity index is 2.02. The number of amides is 1. The molecule has 1 aliphatic carbocycles. The average Bonchev–Trinajstić information content (AvgIpc) is 2.50. The summed E-state index contributed by atoms with van der Waals surface area (Å²) in [7, 11) is 1.63. The first-order valence-corrected chi connectivity index (χ1v) is 7.69. The van der Waals surface area contributed by atoms with Gasteiger partial charge in [-0.15, -0.1) is 0 Å². The summed E-state index contributed by atoms with van der Waals surface area (Å²) in [6.07, 6.45) is 3.64. The van der Waals surface area contributed by atoms with E-state index < -0.39 is 5.60 Å². The highest BCUT2D eigenvalue weighted by atomic mass is 16.5. The van der Waals surface area contributed by atoms with Crippen molar-refractivity contribution in [1.29, 1.82) is 0 Å². The molecule has 1 aromatic carbocycles. The van der Waals surface area contributed by atoms with Crippen molar-refractivity contribution < 1.29 is 14.3 Å². The van der Waals surface area contributed by atoms with E-state index in [2.05, 4.69) is 12.2 Å². The molecule has 1 aromatic rings. The summed E-state index contributed by atoms with van der Waals surface area (Å²) in [6.45, 7) is 4.81. The van der Waals surface area contributed by atoms with Crippen LogP contribution >= 0.6 is 0 Å². The number of carbonyl (C=O) groups excluding carboxylic acids is 1. The zero-order valence-electron chi connectivity index (χ0n) is 13.1. The van der Waals surface area contributed by atoms with Crippen LogP contribution in [0, 0.1) is 5.92 Å². The van der Waals surface area contributed by atoms with Gasteiger partial charge in [-0.3, -0.25) is 4.79 Å². The number of anilines is 1. The van der Waals surface area contributed by atoms with Crippen LogP contribution in [0.2, 0.25) is 0 Å². The fourth-order valence-corrected chi connectivity index (χ4v) is 2.80. The average molecular weight is 291 g/mol. The van der Waals surface area contributed by atoms with Crippen molar-refractivity contribution in [3.63, 3.8) is 0 Å². The highest BCUT2D eigenvalue weighted by Gasteiger charge is 2.41. The maximum absolute atomic E-state index is 12.6. The summed E-state index contributed by atoms with van der Waals surface area (Å²) in [6, 6.07) is 7.44. The molecule has 0 aliphatic heterocycles. The Morgan fingerprint density at radius 2 is 1.90 bits per heavy atom. The Morgan fingerprint density at radius 1 is 1.29 bits per heavy atom. The molecule has 1 N–H and O–H groups in total. The highest BCUT2D eigenvalue weighted by Crippen LogP contribution is 2.35. The van der Waals surface area contributed by atoms with E-state index in [1.807, 2.05) is 31.2 Å². The summed E-state index contributed by atoms with van der Waals surface area (Å²) in [5.74, 6) is 1.44. The molecular formula is C17H25NO3. The number of carbonyl (C=O) groups is 1. The molecule has 1 fully saturated rings. The lowest BCUT2D eigenvalue weighted by atomic mass is 9.79. The summed E-state index contributed by atoms with van der Waals surface area (Å²) in [5, 5.41) is 2.97. The van der Waals surface area contributed by atoms with Crippen LogP contribution in [-0.2, 0) is 9.53 Å². The van der Waals surface area contributed by atoms with Crippen molar-refractivity contribution >= 4 is 11.6 Å². The first-order chi connectivity index (χ1) is 10.1. The molecule has 2 rings (SSSR count). The predicted molar refractivity (Wildman–Crippen MR) is 83.6 cm³/mol. The number of nitrogens with one attached hydrogen (secondary N) is 1. The van der Waals surface area contributed by atoms with Gasteiger partial charge in [-0.2, -0.15) is 0 Å². The molecule has 1 saturated carbocycles. The molecule has 0 saturated heterocycles. The minimum atomic E-state index is -0.675. The van der Waals surface area contributed by atoms with Crippen molar-refractivity contribution in [3.05, 3.63) is 24.3 Å². The van der Waals surface area contributed by atoms with Gasteiger partial charge in [-0.1, -0.05) is 6.92 Å². The maximum atomic E-state index is 12.6. The van der Waals surface area contributed by atoms with Gasteiger partial charge in [0.25, 0.3) is 5.91 Å². The van der Waals surface area contributed by atoms with E-state index in [1.54, 1.807) is 7.11 Å². The number of hydrogen-bond acceptors (Lipinski definition) is 3. The third kappa shape index (κ3) is 3.76. The van der Waals surface area contributed by atoms with E-state index in [9.17, 15) is 4.79 Å². The molecule has 0 radical (unpaired) electrons. The second-order valence-electron chi connectivity index (χ2n) is 5.79. The summed E-state index contributed by atoms with van der Waals surface area (Å²) >= 11 is 0. The number of benzene rings is 1. The van der Waals surface area contributed by atoms with E-state index >= 15 is 0 Å². The van der Waals surface area contributed by atoms with Crippen LogP contribution in [-0.4, -0.2) is 25.2 Å². The smallest absolute Gasteiger partial charge is 0.256 e. The van der Waals surface area contributed by atoms with Crippen LogP contribution in [0.25, 0.3) is 0 Å². The number of methoxy groups -OCH3 is 1. The van der Waals surface area contributed by atoms with Gasteiger partial charge in [0.2, 0.25) is 0 Å². The van der Waals surface area contributed by atoms with E-state index in [1.165, 1.54) is 0 Å². The number of rotatable bonds is 5. The molecule has 1 aliphatic rings. The van der Waals surface area contributed by atoms with Crippen molar-refractivity contribution in [3.8, 4) is 5.75 Å². The molecule has 0 heterocycles. The fraction of sp³-hybridized carbons (Fsp3) is 0.588. The van der Waals surface area contributed by atoms with Crippen LogP contribution in [0.1, 0.15) is 39.5 Å². The molecule has 0 atom stereocenters. The molecule has 4 nitrogen and oxygen atoms in total. The highest BCUT2D eigenvalue weighted by molar-refractivity contribution is 5.97. The maximum Gasteiger partial charge on any atom is 0.256 e. The minimum absolute atomic E-state index is 0.0407. The molecule has 1 amide bonds. The van der Waals surface area contributed by atoms with Gasteiger partial charge in [0.05, 0.1) is 6.61 Å². The van der Waals surface area contributed by atoms with Crippen molar-refractivity contribution in [1.82, 2.24) is 0 Å². The number of hydrogen-bond donors (Lipinski definition) is 1. The third-order valence-corrected chi connectivity index (χ3v) is 4.31. The molecule has 4 heteroatoms. The summed E-state index contributed by atoms with van der Waals surface area (Å²) in [4.78, 5) is 12.6. The normalized spacial score (nSPS) is 25.4. The minimum Gasteiger partial charge on any atom is -0.494 e. The van der Waals surface area contributed by atoms with Crippen LogP contribution in [0.5, 0.6) is 5.75 Å². The second kappa shape index (κ2) is 6.94. The van der Waals surface area contributed by atoms with Crippen LogP contribution in [0.4, 0.5) is 5.69 Å². The Bertz CT molecular complexity index is 461. The van der Waals surface area contributed by atoms with Crippen molar-refractivity contribution in [2.75, 3.05) is 19.0 Å². The van der Waals surface area contributed by atoms with Crippen LogP contribution in [0.15, 0.2) is 24.3 Å². The van der Waals surface area contributed by atoms with Gasteiger partial charge in [-0.05, 0) is 62.8 Å². The van der Waals surface area contributed by atoms with E-state index in [0.29, 0.717) is 12.5 Å². The van der Waals surface area contributed by atoms with Gasteiger partial charge in [0, 0.05) is 12.8 Å². The van der Waals surface area contributed by atoms with E-state index in [0.717, 1.165) is 37.1 Å². The van der Waals surface area contributed by atoms with Gasteiger partial charge in [-0.25, -0.2) is 0 Å². The van der Waals surface area contributed by atoms with Gasteiger partial charge < -0.3 is 14.8 Å². The standard InChI is InChI=1S/C17H25NO3/c1-4-21-15-7-5-14(6-8-15)18-16(19)17(20-3)11-9-13(2)10-12-17/h5-8,13H,4,9-12H2,1-3H3,(H,18,19). The Labute approximate surface area is 126 Å². The zero-order valence-corrected chi connectivity index (χ0v) is 13.1. The zero-order chi connectivity index (χ0) is 15.3. The van der Waals surface area contributed by atoms with Gasteiger partial charge >= 0.3 is 0 Å². The van der Waals surface area contributed by atoms with Crippen molar-refractivity contribution in [2.45, 2.75) is 45.1 Å². The van der Waals surface area contributed by atoms with Crippen molar-refractivity contribution in [2.24, 2.45) is 5.92 Å². The predicted octanol–water partition coefficient (Wildman–Crippen LogP) is 3.62. The quantitative estimate of drug-likeness (QED) is 0.901. The first kappa shape index (κ1) is 15.8. The first-order valence-electron chi connectivity index (χ1n) is 7.69. The Hall–Kier alpha value is -1.55.